The molecule has 2 fully saturated rings. The summed E-state index contributed by atoms with van der Waals surface area (Å²) in [5, 5.41) is 14.2. The highest BCUT2D eigenvalue weighted by Crippen LogP contribution is 2.62. The molecule has 3 nitrogen and oxygen atoms in total. The molecule has 2 saturated carbocycles. The average Bonchev–Trinajstić information content (AvgIpc) is 2.93. The molecule has 1 aromatic carbocycles. The first kappa shape index (κ1) is 13.9. The lowest BCUT2D eigenvalue weighted by Gasteiger charge is -2.39. The highest BCUT2D eigenvalue weighted by atomic mass is 35.5. The summed E-state index contributed by atoms with van der Waals surface area (Å²) in [5.41, 5.74) is -0.0576. The first-order valence-corrected chi connectivity index (χ1v) is 7.49. The second-order valence-corrected chi connectivity index (χ2v) is 7.22. The van der Waals surface area contributed by atoms with Crippen LogP contribution < -0.4 is 5.32 Å². The Morgan fingerprint density at radius 3 is 2.55 bits per heavy atom. The van der Waals surface area contributed by atoms with Gasteiger partial charge in [-0.2, -0.15) is 0 Å². The number of amides is 1. The molecule has 0 spiro atoms. The monoisotopic (exact) mass is 293 g/mol. The van der Waals surface area contributed by atoms with Gasteiger partial charge in [-0.25, -0.2) is 0 Å². The molecule has 0 aromatic heterocycles. The van der Waals surface area contributed by atoms with Crippen molar-refractivity contribution in [1.82, 2.24) is 0 Å². The van der Waals surface area contributed by atoms with E-state index in [-0.39, 0.29) is 11.3 Å². The van der Waals surface area contributed by atoms with Crippen LogP contribution >= 0.6 is 11.6 Å². The third-order valence-electron chi connectivity index (χ3n) is 5.38. The molecule has 4 heteroatoms. The van der Waals surface area contributed by atoms with E-state index in [9.17, 15) is 9.90 Å². The number of nitrogens with one attached hydrogen (secondary N) is 1. The second kappa shape index (κ2) is 4.47. The predicted octanol–water partition coefficient (Wildman–Crippen LogP) is 3.47. The minimum atomic E-state index is -0.617. The number of carbonyl (C=O) groups excluding carboxylic acids is 1. The second-order valence-electron chi connectivity index (χ2n) is 6.78. The minimum Gasteiger partial charge on any atom is -0.391 e. The first-order valence-electron chi connectivity index (χ1n) is 7.11. The summed E-state index contributed by atoms with van der Waals surface area (Å²) in [6.45, 7) is 4.14. The largest absolute Gasteiger partial charge is 0.391 e. The van der Waals surface area contributed by atoms with Crippen LogP contribution in [0, 0.1) is 16.7 Å². The number of carbonyl (C=O) groups is 1. The molecule has 3 unspecified atom stereocenters. The number of hydrogen-bond donors (Lipinski definition) is 2. The van der Waals surface area contributed by atoms with Crippen molar-refractivity contribution in [2.75, 3.05) is 5.32 Å². The lowest BCUT2D eigenvalue weighted by molar-refractivity contribution is -0.135. The Kier molecular flexibility index (Phi) is 3.11. The minimum absolute atomic E-state index is 0.0552. The summed E-state index contributed by atoms with van der Waals surface area (Å²) >= 11 is 5.84. The normalized spacial score (nSPS) is 34.2. The van der Waals surface area contributed by atoms with E-state index >= 15 is 0 Å². The van der Waals surface area contributed by atoms with Crippen molar-refractivity contribution in [3.05, 3.63) is 29.3 Å². The summed E-state index contributed by atoms with van der Waals surface area (Å²) in [6.07, 6.45) is 2.03. The van der Waals surface area contributed by atoms with Crippen molar-refractivity contribution in [2.45, 2.75) is 39.2 Å². The van der Waals surface area contributed by atoms with E-state index in [1.165, 1.54) is 0 Å². The van der Waals surface area contributed by atoms with Crippen molar-refractivity contribution in [1.29, 1.82) is 0 Å². The van der Waals surface area contributed by atoms with E-state index in [0.717, 1.165) is 24.9 Å². The maximum atomic E-state index is 12.7. The fourth-order valence-corrected chi connectivity index (χ4v) is 4.14. The van der Waals surface area contributed by atoms with Crippen molar-refractivity contribution in [3.63, 3.8) is 0 Å². The molecular formula is C16H20ClNO2. The Morgan fingerprint density at radius 1 is 1.35 bits per heavy atom. The standard InChI is InChI=1S/C16H20ClNO2/c1-15(2)10-7-8-16(9-10,13(15)19)14(20)18-12-5-3-11(17)4-6-12/h3-6,10,13,19H,7-9H2,1-2H3,(H,18,20). The van der Waals surface area contributed by atoms with Crippen LogP contribution in [-0.2, 0) is 4.79 Å². The maximum Gasteiger partial charge on any atom is 0.233 e. The summed E-state index contributed by atoms with van der Waals surface area (Å²) in [7, 11) is 0. The third-order valence-corrected chi connectivity index (χ3v) is 5.64. The van der Waals surface area contributed by atoms with Crippen molar-refractivity contribution in [3.8, 4) is 0 Å². The number of anilines is 1. The number of aliphatic hydroxyl groups excluding tert-OH is 1. The van der Waals surface area contributed by atoms with Gasteiger partial charge in [-0.05, 0) is 54.9 Å². The van der Waals surface area contributed by atoms with Crippen molar-refractivity contribution >= 4 is 23.2 Å². The lowest BCUT2D eigenvalue weighted by Crippen LogP contribution is -2.48. The molecule has 0 radical (unpaired) electrons. The van der Waals surface area contributed by atoms with Crippen LogP contribution in [0.2, 0.25) is 5.02 Å². The van der Waals surface area contributed by atoms with Gasteiger partial charge in [-0.1, -0.05) is 25.4 Å². The molecule has 2 aliphatic carbocycles. The molecule has 1 aromatic rings. The quantitative estimate of drug-likeness (QED) is 0.877. The van der Waals surface area contributed by atoms with Crippen LogP contribution in [0.15, 0.2) is 24.3 Å². The van der Waals surface area contributed by atoms with Gasteiger partial charge in [0.1, 0.15) is 0 Å². The summed E-state index contributed by atoms with van der Waals surface area (Å²) < 4.78 is 0. The van der Waals surface area contributed by atoms with Gasteiger partial charge in [0.15, 0.2) is 0 Å². The predicted molar refractivity (Wildman–Crippen MR) is 79.6 cm³/mol. The molecule has 0 heterocycles. The van der Waals surface area contributed by atoms with E-state index in [0.29, 0.717) is 10.9 Å². The van der Waals surface area contributed by atoms with Gasteiger partial charge in [0, 0.05) is 10.7 Å². The van der Waals surface area contributed by atoms with Crippen molar-refractivity contribution in [2.24, 2.45) is 16.7 Å². The Morgan fingerprint density at radius 2 is 2.00 bits per heavy atom. The van der Waals surface area contributed by atoms with Crippen LogP contribution in [0.5, 0.6) is 0 Å². The fourth-order valence-electron chi connectivity index (χ4n) is 4.01. The Bertz CT molecular complexity index is 540. The summed E-state index contributed by atoms with van der Waals surface area (Å²) in [6, 6.07) is 7.08. The topological polar surface area (TPSA) is 49.3 Å². The number of rotatable bonds is 2. The molecular weight excluding hydrogens is 274 g/mol. The molecule has 1 amide bonds. The Hall–Kier alpha value is -1.06. The van der Waals surface area contributed by atoms with Crippen molar-refractivity contribution < 1.29 is 9.90 Å². The smallest absolute Gasteiger partial charge is 0.233 e. The van der Waals surface area contributed by atoms with E-state index in [2.05, 4.69) is 19.2 Å². The third kappa shape index (κ3) is 1.87. The zero-order valence-electron chi connectivity index (χ0n) is 11.8. The average molecular weight is 294 g/mol. The lowest BCUT2D eigenvalue weighted by atomic mass is 9.69. The van der Waals surface area contributed by atoms with Gasteiger partial charge in [-0.3, -0.25) is 4.79 Å². The molecule has 2 bridgehead atoms. The van der Waals surface area contributed by atoms with Crippen LogP contribution in [0.3, 0.4) is 0 Å². The zero-order valence-corrected chi connectivity index (χ0v) is 12.6. The number of aliphatic hydroxyl groups is 1. The van der Waals surface area contributed by atoms with Crippen LogP contribution in [0.4, 0.5) is 5.69 Å². The van der Waals surface area contributed by atoms with Gasteiger partial charge in [0.2, 0.25) is 5.91 Å². The van der Waals surface area contributed by atoms with E-state index in [1.807, 2.05) is 0 Å². The molecule has 3 atom stereocenters. The van der Waals surface area contributed by atoms with Crippen LogP contribution in [0.25, 0.3) is 0 Å². The maximum absolute atomic E-state index is 12.7. The highest BCUT2D eigenvalue weighted by Gasteiger charge is 2.64. The molecule has 0 aliphatic heterocycles. The zero-order chi connectivity index (χ0) is 14.5. The molecule has 3 rings (SSSR count). The summed E-state index contributed by atoms with van der Waals surface area (Å²) in [4.78, 5) is 12.7. The van der Waals surface area contributed by atoms with Gasteiger partial charge < -0.3 is 10.4 Å². The number of fused-ring (bicyclic) bond motifs is 2. The Balaban J connectivity index is 1.82. The van der Waals surface area contributed by atoms with E-state index < -0.39 is 11.5 Å². The van der Waals surface area contributed by atoms with E-state index in [1.54, 1.807) is 24.3 Å². The molecule has 20 heavy (non-hydrogen) atoms. The number of benzene rings is 1. The summed E-state index contributed by atoms with van der Waals surface area (Å²) in [5.74, 6) is 0.383. The molecule has 108 valence electrons. The van der Waals surface area contributed by atoms with Crippen LogP contribution in [-0.4, -0.2) is 17.1 Å². The van der Waals surface area contributed by atoms with Gasteiger partial charge in [0.05, 0.1) is 11.5 Å². The van der Waals surface area contributed by atoms with Gasteiger partial charge in [0.25, 0.3) is 0 Å². The highest BCUT2D eigenvalue weighted by molar-refractivity contribution is 6.30. The SMILES string of the molecule is CC1(C)C2CCC(C(=O)Nc3ccc(Cl)cc3)(C2)C1O. The Labute approximate surface area is 124 Å². The van der Waals surface area contributed by atoms with E-state index in [4.69, 9.17) is 11.6 Å². The molecule has 0 saturated heterocycles. The molecule has 2 aliphatic rings. The number of hydrogen-bond acceptors (Lipinski definition) is 2. The van der Waals surface area contributed by atoms with Crippen LogP contribution in [0.1, 0.15) is 33.1 Å². The van der Waals surface area contributed by atoms with Gasteiger partial charge in [-0.15, -0.1) is 0 Å². The molecule has 2 N–H and O–H groups in total. The van der Waals surface area contributed by atoms with Gasteiger partial charge >= 0.3 is 0 Å². The number of halogens is 1. The first-order chi connectivity index (χ1) is 9.36. The fraction of sp³-hybridized carbons (Fsp3) is 0.562.